The number of aliphatic imine (C=N–C) groups is 1. The van der Waals surface area contributed by atoms with Crippen molar-refractivity contribution in [2.24, 2.45) is 13.7 Å². The summed E-state index contributed by atoms with van der Waals surface area (Å²) < 4.78 is 158. The molecule has 30 nitrogen and oxygen atoms in total. The minimum absolute atomic E-state index is 0.0136. The van der Waals surface area contributed by atoms with Gasteiger partial charge in [0.15, 0.2) is 22.9 Å². The summed E-state index contributed by atoms with van der Waals surface area (Å²) in [5, 5.41) is 47.6. The summed E-state index contributed by atoms with van der Waals surface area (Å²) in [7, 11) is -4.53. The van der Waals surface area contributed by atoms with Crippen molar-refractivity contribution in [3.05, 3.63) is 112 Å². The van der Waals surface area contributed by atoms with Gasteiger partial charge in [-0.15, -0.1) is 0 Å². The van der Waals surface area contributed by atoms with Gasteiger partial charge in [0, 0.05) is 98.9 Å². The lowest BCUT2D eigenvalue weighted by Gasteiger charge is -2.06. The van der Waals surface area contributed by atoms with E-state index in [2.05, 4.69) is 132 Å². The van der Waals surface area contributed by atoms with E-state index in [4.69, 9.17) is 18.5 Å². The van der Waals surface area contributed by atoms with Crippen LogP contribution in [0.1, 0.15) is 5.69 Å². The first-order chi connectivity index (χ1) is 40.7. The maximum Gasteiger partial charge on any atom is 0.673 e. The van der Waals surface area contributed by atoms with Crippen LogP contribution in [0.3, 0.4) is 0 Å². The summed E-state index contributed by atoms with van der Waals surface area (Å²) in [5.41, 5.74) is 3.16. The van der Waals surface area contributed by atoms with E-state index in [1.165, 1.54) is 74.9 Å². The molecule has 5 heterocycles. The Balaban J connectivity index is 0.000000260. The van der Waals surface area contributed by atoms with Gasteiger partial charge in [-0.25, -0.2) is 67.9 Å². The Morgan fingerprint density at radius 3 is 1.37 bits per heavy atom. The lowest BCUT2D eigenvalue weighted by atomic mass is 10.3. The van der Waals surface area contributed by atoms with Crippen LogP contribution in [0.25, 0.3) is 34.4 Å². The van der Waals surface area contributed by atoms with Crippen LogP contribution in [0.2, 0.25) is 0 Å². The van der Waals surface area contributed by atoms with Gasteiger partial charge in [0.1, 0.15) is 38.8 Å². The Morgan fingerprint density at radius 2 is 0.989 bits per heavy atom. The molecule has 8 rings (SSSR count). The summed E-state index contributed by atoms with van der Waals surface area (Å²) in [6, 6.07) is 12.0. The molecule has 44 heteroatoms. The highest BCUT2D eigenvalue weighted by Gasteiger charge is 2.26. The first kappa shape index (κ1) is 72.1. The predicted molar refractivity (Wildman–Crippen MR) is 316 cm³/mol. The molecule has 476 valence electrons. The molecule has 0 aliphatic heterocycles. The van der Waals surface area contributed by atoms with Crippen LogP contribution in [0.4, 0.5) is 53.6 Å². The number of anilines is 3. The zero-order valence-corrected chi connectivity index (χ0v) is 53.5. The van der Waals surface area contributed by atoms with Crippen molar-refractivity contribution in [1.29, 1.82) is 4.78 Å². The van der Waals surface area contributed by atoms with Crippen LogP contribution in [-0.2, 0) is 33.6 Å². The van der Waals surface area contributed by atoms with Crippen molar-refractivity contribution in [2.75, 3.05) is 107 Å². The number of nitrogens with zero attached hydrogens (tertiary/aromatic N) is 13. The van der Waals surface area contributed by atoms with Gasteiger partial charge in [-0.1, -0.05) is 10.3 Å². The number of rotatable bonds is 18. The van der Waals surface area contributed by atoms with Crippen LogP contribution < -0.4 is 32.9 Å². The molecule has 0 aliphatic carbocycles. The third kappa shape index (κ3) is 23.3. The standard InChI is InChI=1S/C14H14BrFN6O4S.C13H12BrFN6O4S.C13H16BrFN6O3S.C3H9O.BF4/c1-17-27(2,24)6-5-18-12-11(19-26-20-12)13-21-25-14(23)22(13)8-3-4-10(16)9(15)7-8;1-26(16,23)5-4-17-11-10(18-25-19-11)12-20-24-13(22)21(12)7-2-3-9(15)8(14)6-7;1-16-25(2,23)6-5-17-12-11(20-24-21-12)13(19-22)18-8-3-4-10(15)9(14)7-8;1-4(2)3;2-1(3,4)5/h3-4,7H,5-6H2,1-2H3,(H,18,20);2-3,6,16H,4-5H2,1H3,(H,17,19);3-4,7,22H,5-6H2,1-2H3,(H,17,21)(H,18,19);1-3H3;/q;;;+1;-1. The fraction of sp³-hybridized carbons (Fsp3) is 0.326. The summed E-state index contributed by atoms with van der Waals surface area (Å²) in [6.07, 6.45) is 4.40. The molecule has 3 atom stereocenters. The third-order valence-corrected chi connectivity index (χ3v) is 16.3. The van der Waals surface area contributed by atoms with Crippen molar-refractivity contribution in [1.82, 2.24) is 55.9 Å². The average Bonchev–Trinajstić information content (AvgIpc) is 3.16. The van der Waals surface area contributed by atoms with Crippen molar-refractivity contribution in [3.8, 4) is 34.4 Å². The largest absolute Gasteiger partial charge is 0.673 e. The van der Waals surface area contributed by atoms with Gasteiger partial charge in [-0.2, -0.15) is 0 Å². The van der Waals surface area contributed by atoms with E-state index < -0.39 is 65.4 Å². The zero-order chi connectivity index (χ0) is 65.0. The molecule has 87 heavy (non-hydrogen) atoms. The Bertz CT molecular complexity index is 4120. The highest BCUT2D eigenvalue weighted by molar-refractivity contribution is 9.11. The molecule has 3 aromatic carbocycles. The number of hydroxylamine groups is 1. The number of hydrogen-bond acceptors (Lipinski definition) is 26. The second-order valence-electron chi connectivity index (χ2n) is 17.4. The quantitative estimate of drug-likeness (QED) is 0.0120. The molecule has 0 saturated heterocycles. The van der Waals surface area contributed by atoms with E-state index in [-0.39, 0.29) is 95.7 Å². The normalized spacial score (nSPS) is 13.3. The molecule has 0 saturated carbocycles. The van der Waals surface area contributed by atoms with Gasteiger partial charge in [-0.3, -0.25) is 28.7 Å². The van der Waals surface area contributed by atoms with E-state index in [0.29, 0.717) is 23.7 Å². The topological polar surface area (TPSA) is 396 Å². The molecule has 8 aromatic rings. The van der Waals surface area contributed by atoms with E-state index >= 15 is 0 Å². The van der Waals surface area contributed by atoms with E-state index in [0.717, 1.165) is 9.13 Å². The van der Waals surface area contributed by atoms with Gasteiger partial charge in [0.25, 0.3) is 0 Å². The second kappa shape index (κ2) is 32.6. The maximum absolute atomic E-state index is 13.5. The van der Waals surface area contributed by atoms with E-state index in [9.17, 15) is 57.9 Å². The molecule has 0 aliphatic rings. The van der Waals surface area contributed by atoms with Crippen molar-refractivity contribution < 1.29 is 75.6 Å². The Morgan fingerprint density at radius 1 is 0.621 bits per heavy atom. The maximum atomic E-state index is 13.5. The van der Waals surface area contributed by atoms with Crippen molar-refractivity contribution >= 4 is 113 Å². The number of amidine groups is 1. The van der Waals surface area contributed by atoms with E-state index in [1.807, 2.05) is 26.8 Å². The molecule has 0 fully saturated rings. The number of benzene rings is 3. The minimum atomic E-state index is -6.00. The Kier molecular flexibility index (Phi) is 27.0. The molecule has 0 spiro atoms. The second-order valence-corrected chi connectivity index (χ2v) is 27.7. The highest BCUT2D eigenvalue weighted by Crippen LogP contribution is 2.29. The van der Waals surface area contributed by atoms with Crippen LogP contribution >= 0.6 is 47.8 Å². The van der Waals surface area contributed by atoms with Crippen LogP contribution in [0.5, 0.6) is 0 Å². The number of hydrogen-bond donors (Lipinski definition) is 6. The lowest BCUT2D eigenvalue weighted by molar-refractivity contribution is -0.00282. The van der Waals surface area contributed by atoms with Crippen LogP contribution in [0.15, 0.2) is 114 Å². The Hall–Kier alpha value is -7.39. The summed E-state index contributed by atoms with van der Waals surface area (Å²) >= 11 is 9.18. The fourth-order valence-corrected chi connectivity index (χ4v) is 8.86. The number of aromatic nitrogens is 10. The molecule has 3 unspecified atom stereocenters. The highest BCUT2D eigenvalue weighted by atomic mass is 79.9. The smallest absolute Gasteiger partial charge is 0.429 e. The summed E-state index contributed by atoms with van der Waals surface area (Å²) in [4.78, 5) is 28.3. The lowest BCUT2D eigenvalue weighted by Crippen LogP contribution is -2.23. The molecular formula is C43H51BBr3F7N18O12S3. The fourth-order valence-electron chi connectivity index (χ4n) is 5.94. The molecule has 0 radical (unpaired) electrons. The van der Waals surface area contributed by atoms with E-state index in [1.54, 1.807) is 12.5 Å². The summed E-state index contributed by atoms with van der Waals surface area (Å²) in [6.45, 7) is 0.747. The average molecular weight is 1490 g/mol. The minimum Gasteiger partial charge on any atom is -0.429 e. The first-order valence-electron chi connectivity index (χ1n) is 23.6. The number of halogens is 10. The SMILES string of the molecule is CN=S(C)(=O)CCNc1nonc1-c1noc(=O)n1-c1ccc(F)c(Br)c1.CN=S(C)(=O)CCNc1nonc1C(=Nc1ccc(F)c(Br)c1)NO.CS(=N)(=O)CCNc1nonc1-c1noc(=O)n1-c1ccc(F)c(Br)c1.C[O+](C)C.F[B-](F)(F)F. The van der Waals surface area contributed by atoms with Gasteiger partial charge >= 0.3 is 18.8 Å². The third-order valence-electron chi connectivity index (χ3n) is 10.00. The number of nitrogens with one attached hydrogen (secondary N) is 5. The van der Waals surface area contributed by atoms with Crippen LogP contribution in [0, 0.1) is 22.2 Å². The van der Waals surface area contributed by atoms with Gasteiger partial charge < -0.3 is 37.6 Å². The molecule has 0 amide bonds. The van der Waals surface area contributed by atoms with Crippen molar-refractivity contribution in [3.63, 3.8) is 0 Å². The molecule has 6 N–H and O–H groups in total. The Labute approximate surface area is 513 Å². The molecule has 5 aromatic heterocycles. The molecule has 0 bridgehead atoms. The monoisotopic (exact) mass is 1490 g/mol. The summed E-state index contributed by atoms with van der Waals surface area (Å²) in [5.74, 6) is -1.92. The van der Waals surface area contributed by atoms with Gasteiger partial charge in [0.2, 0.25) is 29.1 Å². The first-order valence-corrected chi connectivity index (χ1v) is 32.3. The molecular weight excluding hydrogens is 1440 g/mol. The van der Waals surface area contributed by atoms with Crippen molar-refractivity contribution in [2.45, 2.75) is 0 Å². The zero-order valence-electron chi connectivity index (χ0n) is 46.3. The van der Waals surface area contributed by atoms with Gasteiger partial charge in [0.05, 0.1) is 30.5 Å². The predicted octanol–water partition coefficient (Wildman–Crippen LogP) is 7.68. The van der Waals surface area contributed by atoms with Gasteiger partial charge in [-0.05, 0) is 133 Å². The van der Waals surface area contributed by atoms with Crippen LogP contribution in [-0.4, -0.2) is 172 Å².